The first-order chi connectivity index (χ1) is 14.5. The minimum atomic E-state index is -0.672. The minimum absolute atomic E-state index is 0.0387. The summed E-state index contributed by atoms with van der Waals surface area (Å²) in [6.45, 7) is 6.73. The number of ether oxygens (including phenoxy) is 2. The first kappa shape index (κ1) is 21.8. The van der Waals surface area contributed by atoms with Crippen LogP contribution in [0.4, 0.5) is 9.93 Å². The highest BCUT2D eigenvalue weighted by Crippen LogP contribution is 2.37. The molecule has 1 aromatic heterocycles. The summed E-state index contributed by atoms with van der Waals surface area (Å²) in [7, 11) is 0. The van der Waals surface area contributed by atoms with Gasteiger partial charge in [0, 0.05) is 12.1 Å². The smallest absolute Gasteiger partial charge is 0.315 e. The number of fused-ring (bicyclic) bond motifs is 1. The summed E-state index contributed by atoms with van der Waals surface area (Å²) in [5.41, 5.74) is 0.823. The molecule has 2 heterocycles. The second-order valence-corrected chi connectivity index (χ2v) is 8.06. The molecule has 3 amide bonds. The Morgan fingerprint density at radius 2 is 2.00 bits per heavy atom. The summed E-state index contributed by atoms with van der Waals surface area (Å²) in [6.07, 6.45) is 2.62. The van der Waals surface area contributed by atoms with Crippen LogP contribution in [0.25, 0.3) is 10.6 Å². The van der Waals surface area contributed by atoms with Crippen molar-refractivity contribution in [3.63, 3.8) is 0 Å². The number of anilines is 1. The predicted molar refractivity (Wildman–Crippen MR) is 115 cm³/mol. The van der Waals surface area contributed by atoms with Crippen LogP contribution >= 0.6 is 11.3 Å². The molecule has 2 aromatic rings. The van der Waals surface area contributed by atoms with Crippen molar-refractivity contribution in [3.05, 3.63) is 18.2 Å². The molecule has 162 valence electrons. The van der Waals surface area contributed by atoms with E-state index in [2.05, 4.69) is 33.1 Å². The first-order valence-corrected chi connectivity index (χ1v) is 10.9. The number of nitrogens with one attached hydrogen (secondary N) is 3. The number of rotatable bonds is 9. The molecule has 0 bridgehead atoms. The Morgan fingerprint density at radius 3 is 2.77 bits per heavy atom. The lowest BCUT2D eigenvalue weighted by Crippen LogP contribution is -2.51. The maximum Gasteiger partial charge on any atom is 0.315 e. The van der Waals surface area contributed by atoms with E-state index in [0.29, 0.717) is 28.2 Å². The van der Waals surface area contributed by atoms with Crippen molar-refractivity contribution >= 4 is 28.4 Å². The largest absolute Gasteiger partial charge is 0.454 e. The Bertz CT molecular complexity index is 888. The maximum absolute atomic E-state index is 12.8. The van der Waals surface area contributed by atoms with Crippen molar-refractivity contribution in [2.24, 2.45) is 5.92 Å². The molecule has 10 heteroatoms. The van der Waals surface area contributed by atoms with E-state index in [-0.39, 0.29) is 24.6 Å². The van der Waals surface area contributed by atoms with E-state index < -0.39 is 6.04 Å². The summed E-state index contributed by atoms with van der Waals surface area (Å²) < 4.78 is 10.7. The first-order valence-electron chi connectivity index (χ1n) is 10.1. The maximum atomic E-state index is 12.8. The Hall–Kier alpha value is -2.88. The fourth-order valence-electron chi connectivity index (χ4n) is 2.88. The summed E-state index contributed by atoms with van der Waals surface area (Å²) in [6, 6.07) is 4.50. The predicted octanol–water partition coefficient (Wildman–Crippen LogP) is 3.39. The number of hydrogen-bond acceptors (Lipinski definition) is 7. The van der Waals surface area contributed by atoms with E-state index in [1.54, 1.807) is 0 Å². The van der Waals surface area contributed by atoms with E-state index in [9.17, 15) is 9.59 Å². The van der Waals surface area contributed by atoms with Crippen molar-refractivity contribution in [2.45, 2.75) is 46.1 Å². The van der Waals surface area contributed by atoms with Crippen molar-refractivity contribution in [1.29, 1.82) is 0 Å². The number of urea groups is 1. The van der Waals surface area contributed by atoms with Gasteiger partial charge in [-0.25, -0.2) is 4.79 Å². The molecule has 0 radical (unpaired) electrons. The molecule has 0 fully saturated rings. The second-order valence-electron chi connectivity index (χ2n) is 7.09. The van der Waals surface area contributed by atoms with Gasteiger partial charge < -0.3 is 20.1 Å². The Morgan fingerprint density at radius 1 is 1.20 bits per heavy atom. The zero-order valence-corrected chi connectivity index (χ0v) is 18.2. The van der Waals surface area contributed by atoms with Crippen molar-refractivity contribution in [1.82, 2.24) is 20.8 Å². The van der Waals surface area contributed by atoms with Gasteiger partial charge in [0.15, 0.2) is 11.5 Å². The average Bonchev–Trinajstić information content (AvgIpc) is 3.40. The summed E-state index contributed by atoms with van der Waals surface area (Å²) in [5.74, 6) is 0.992. The molecule has 0 saturated carbocycles. The Balaban J connectivity index is 1.65. The Labute approximate surface area is 179 Å². The van der Waals surface area contributed by atoms with Gasteiger partial charge in [0.2, 0.25) is 17.8 Å². The van der Waals surface area contributed by atoms with Crippen molar-refractivity contribution in [3.8, 4) is 22.1 Å². The number of hydrogen-bond donors (Lipinski definition) is 3. The van der Waals surface area contributed by atoms with E-state index in [1.807, 2.05) is 32.0 Å². The lowest BCUT2D eigenvalue weighted by atomic mass is 9.98. The van der Waals surface area contributed by atoms with Crippen LogP contribution in [0.2, 0.25) is 0 Å². The second kappa shape index (κ2) is 10.2. The molecular weight excluding hydrogens is 406 g/mol. The van der Waals surface area contributed by atoms with Gasteiger partial charge in [-0.3, -0.25) is 10.1 Å². The van der Waals surface area contributed by atoms with Gasteiger partial charge in [0.25, 0.3) is 0 Å². The number of unbranched alkanes of at least 4 members (excludes halogenated alkanes) is 1. The molecule has 0 spiro atoms. The third kappa shape index (κ3) is 5.38. The van der Waals surface area contributed by atoms with Gasteiger partial charge in [-0.1, -0.05) is 44.9 Å². The van der Waals surface area contributed by atoms with Crippen LogP contribution in [0.15, 0.2) is 18.2 Å². The number of carbonyl (C=O) groups is 2. The zero-order chi connectivity index (χ0) is 21.5. The zero-order valence-electron chi connectivity index (χ0n) is 17.4. The van der Waals surface area contributed by atoms with Gasteiger partial charge in [-0.2, -0.15) is 0 Å². The molecule has 9 nitrogen and oxygen atoms in total. The minimum Gasteiger partial charge on any atom is -0.454 e. The van der Waals surface area contributed by atoms with Crippen LogP contribution in [0.5, 0.6) is 11.5 Å². The molecule has 3 N–H and O–H groups in total. The number of benzene rings is 1. The summed E-state index contributed by atoms with van der Waals surface area (Å²) in [5, 5.41) is 17.6. The normalized spacial score (nSPS) is 14.1. The quantitative estimate of drug-likeness (QED) is 0.522. The average molecular weight is 434 g/mol. The number of aromatic nitrogens is 2. The molecule has 0 saturated heterocycles. The third-order valence-electron chi connectivity index (χ3n) is 4.87. The van der Waals surface area contributed by atoms with Gasteiger partial charge in [-0.15, -0.1) is 10.2 Å². The summed E-state index contributed by atoms with van der Waals surface area (Å²) in [4.78, 5) is 25.0. The number of amides is 3. The molecule has 1 aliphatic rings. The van der Waals surface area contributed by atoms with Crippen molar-refractivity contribution in [2.75, 3.05) is 18.7 Å². The van der Waals surface area contributed by atoms with Gasteiger partial charge >= 0.3 is 6.03 Å². The fraction of sp³-hybridized carbons (Fsp3) is 0.500. The fourth-order valence-corrected chi connectivity index (χ4v) is 3.62. The Kier molecular flexibility index (Phi) is 7.45. The number of nitrogens with zero attached hydrogens (tertiary/aromatic N) is 2. The van der Waals surface area contributed by atoms with Crippen molar-refractivity contribution < 1.29 is 19.1 Å². The molecule has 2 unspecified atom stereocenters. The number of carbonyl (C=O) groups excluding carboxylic acids is 2. The molecule has 30 heavy (non-hydrogen) atoms. The lowest BCUT2D eigenvalue weighted by Gasteiger charge is -2.23. The van der Waals surface area contributed by atoms with Crippen LogP contribution in [0.3, 0.4) is 0 Å². The highest BCUT2D eigenvalue weighted by atomic mass is 32.1. The SMILES string of the molecule is CCCCNC(=O)NC(C(=O)Nc1nnc(-c2ccc3c(c2)OCO3)s1)C(C)CC. The topological polar surface area (TPSA) is 114 Å². The third-order valence-corrected chi connectivity index (χ3v) is 5.76. The highest BCUT2D eigenvalue weighted by Gasteiger charge is 2.27. The van der Waals surface area contributed by atoms with E-state index >= 15 is 0 Å². The molecule has 1 aliphatic heterocycles. The van der Waals surface area contributed by atoms with Crippen LogP contribution in [0.1, 0.15) is 40.0 Å². The van der Waals surface area contributed by atoms with E-state index in [0.717, 1.165) is 24.8 Å². The van der Waals surface area contributed by atoms with Crippen LogP contribution in [-0.2, 0) is 4.79 Å². The molecule has 2 atom stereocenters. The molecule has 3 rings (SSSR count). The highest BCUT2D eigenvalue weighted by molar-refractivity contribution is 7.18. The summed E-state index contributed by atoms with van der Waals surface area (Å²) >= 11 is 1.25. The molecule has 1 aromatic carbocycles. The lowest BCUT2D eigenvalue weighted by molar-refractivity contribution is -0.119. The van der Waals surface area contributed by atoms with Crippen LogP contribution in [0, 0.1) is 5.92 Å². The van der Waals surface area contributed by atoms with Crippen LogP contribution in [-0.4, -0.2) is 41.5 Å². The molecule has 0 aliphatic carbocycles. The standard InChI is InChI=1S/C20H27N5O4S/c1-4-6-9-21-19(27)22-16(12(3)5-2)17(26)23-20-25-24-18(30-20)13-7-8-14-15(10-13)29-11-28-14/h7-8,10,12,16H,4-6,9,11H2,1-3H3,(H2,21,22,27)(H,23,25,26). The van der Waals surface area contributed by atoms with Gasteiger partial charge in [-0.05, 0) is 30.5 Å². The van der Waals surface area contributed by atoms with E-state index in [4.69, 9.17) is 9.47 Å². The molecular formula is C20H27N5O4S. The monoisotopic (exact) mass is 433 g/mol. The van der Waals surface area contributed by atoms with Gasteiger partial charge in [0.1, 0.15) is 11.0 Å². The van der Waals surface area contributed by atoms with E-state index in [1.165, 1.54) is 11.3 Å². The van der Waals surface area contributed by atoms with Gasteiger partial charge in [0.05, 0.1) is 0 Å². The van der Waals surface area contributed by atoms with Crippen LogP contribution < -0.4 is 25.4 Å².